The lowest BCUT2D eigenvalue weighted by Crippen LogP contribution is -2.22. The van der Waals surface area contributed by atoms with E-state index in [0.717, 1.165) is 16.6 Å². The highest BCUT2D eigenvalue weighted by Gasteiger charge is 2.18. The van der Waals surface area contributed by atoms with Gasteiger partial charge in [0.2, 0.25) is 5.91 Å². The number of rotatable bonds is 4. The lowest BCUT2D eigenvalue weighted by atomic mass is 10.2. The third kappa shape index (κ3) is 3.86. The summed E-state index contributed by atoms with van der Waals surface area (Å²) in [5.41, 5.74) is 3.50. The summed E-state index contributed by atoms with van der Waals surface area (Å²) in [7, 11) is 0. The van der Waals surface area contributed by atoms with Gasteiger partial charge in [-0.15, -0.1) is 0 Å². The van der Waals surface area contributed by atoms with Crippen LogP contribution >= 0.6 is 35.0 Å². The third-order valence-corrected chi connectivity index (χ3v) is 5.01. The van der Waals surface area contributed by atoms with Gasteiger partial charge < -0.3 is 10.3 Å². The average molecular weight is 380 g/mol. The molecule has 1 aromatic heterocycles. The Labute approximate surface area is 153 Å². The minimum atomic E-state index is -0.346. The zero-order chi connectivity index (χ0) is 17.3. The van der Waals surface area contributed by atoms with Crippen LogP contribution in [0.1, 0.15) is 12.5 Å². The predicted octanol–water partition coefficient (Wildman–Crippen LogP) is 5.30. The van der Waals surface area contributed by atoms with Gasteiger partial charge in [0.05, 0.1) is 27.0 Å². The van der Waals surface area contributed by atoms with Gasteiger partial charge >= 0.3 is 0 Å². The van der Waals surface area contributed by atoms with Crippen molar-refractivity contribution in [3.8, 4) is 0 Å². The van der Waals surface area contributed by atoms with E-state index >= 15 is 0 Å². The zero-order valence-corrected chi connectivity index (χ0v) is 15.4. The van der Waals surface area contributed by atoms with Crippen molar-refractivity contribution in [3.63, 3.8) is 0 Å². The van der Waals surface area contributed by atoms with Crippen LogP contribution in [0.25, 0.3) is 11.0 Å². The number of hydrogen-bond donors (Lipinski definition) is 2. The minimum absolute atomic E-state index is 0.166. The summed E-state index contributed by atoms with van der Waals surface area (Å²) in [6.07, 6.45) is 0. The van der Waals surface area contributed by atoms with Gasteiger partial charge in [-0.1, -0.05) is 41.0 Å². The zero-order valence-electron chi connectivity index (χ0n) is 13.1. The second-order valence-corrected chi connectivity index (χ2v) is 7.61. The van der Waals surface area contributed by atoms with E-state index < -0.39 is 0 Å². The van der Waals surface area contributed by atoms with Crippen molar-refractivity contribution in [2.45, 2.75) is 24.3 Å². The van der Waals surface area contributed by atoms with Crippen LogP contribution in [0.15, 0.2) is 41.6 Å². The number of fused-ring (bicyclic) bond motifs is 1. The molecule has 4 nitrogen and oxygen atoms in total. The number of hydrogen-bond acceptors (Lipinski definition) is 3. The third-order valence-electron chi connectivity index (χ3n) is 3.46. The van der Waals surface area contributed by atoms with E-state index in [1.165, 1.54) is 11.8 Å². The van der Waals surface area contributed by atoms with Crippen LogP contribution in [0.2, 0.25) is 10.0 Å². The fourth-order valence-electron chi connectivity index (χ4n) is 2.20. The molecule has 0 unspecified atom stereocenters. The largest absolute Gasteiger partial charge is 0.333 e. The van der Waals surface area contributed by atoms with E-state index in [1.54, 1.807) is 18.2 Å². The van der Waals surface area contributed by atoms with Crippen LogP contribution in [-0.4, -0.2) is 21.1 Å². The van der Waals surface area contributed by atoms with Crippen molar-refractivity contribution < 1.29 is 4.79 Å². The van der Waals surface area contributed by atoms with Crippen LogP contribution < -0.4 is 5.32 Å². The number of nitrogens with zero attached hydrogens (tertiary/aromatic N) is 1. The number of imidazole rings is 1. The smallest absolute Gasteiger partial charge is 0.237 e. The molecule has 3 aromatic rings. The molecule has 0 bridgehead atoms. The first-order valence-corrected chi connectivity index (χ1v) is 8.95. The first-order chi connectivity index (χ1) is 11.4. The Balaban J connectivity index is 1.72. The van der Waals surface area contributed by atoms with E-state index in [1.807, 2.05) is 32.0 Å². The van der Waals surface area contributed by atoms with Gasteiger partial charge in [0, 0.05) is 5.02 Å². The fourth-order valence-corrected chi connectivity index (χ4v) is 3.36. The van der Waals surface area contributed by atoms with Crippen LogP contribution in [-0.2, 0) is 4.79 Å². The molecular formula is C17H15Cl2N3OS. The molecule has 2 N–H and O–H groups in total. The molecular weight excluding hydrogens is 365 g/mol. The molecule has 0 spiro atoms. The van der Waals surface area contributed by atoms with Gasteiger partial charge in [0.25, 0.3) is 0 Å². The van der Waals surface area contributed by atoms with Crippen molar-refractivity contribution >= 4 is 57.6 Å². The fraction of sp³-hybridized carbons (Fsp3) is 0.176. The maximum Gasteiger partial charge on any atom is 0.237 e. The highest BCUT2D eigenvalue weighted by molar-refractivity contribution is 8.00. The maximum atomic E-state index is 12.4. The lowest BCUT2D eigenvalue weighted by molar-refractivity contribution is -0.115. The molecule has 0 saturated carbocycles. The number of nitrogens with one attached hydrogen (secondary N) is 2. The molecule has 2 aromatic carbocycles. The van der Waals surface area contributed by atoms with Crippen molar-refractivity contribution in [3.05, 3.63) is 52.0 Å². The number of anilines is 1. The summed E-state index contributed by atoms with van der Waals surface area (Å²) in [6, 6.07) is 11.0. The first kappa shape index (κ1) is 17.1. The second kappa shape index (κ2) is 7.05. The van der Waals surface area contributed by atoms with Gasteiger partial charge in [-0.2, -0.15) is 0 Å². The molecule has 0 aliphatic rings. The van der Waals surface area contributed by atoms with Crippen LogP contribution in [0, 0.1) is 6.92 Å². The number of carbonyl (C=O) groups is 1. The number of thioether (sulfide) groups is 1. The van der Waals surface area contributed by atoms with Crippen molar-refractivity contribution in [1.82, 2.24) is 9.97 Å². The van der Waals surface area contributed by atoms with Crippen LogP contribution in [0.3, 0.4) is 0 Å². The Morgan fingerprint density at radius 2 is 2.04 bits per heavy atom. The molecule has 24 heavy (non-hydrogen) atoms. The van der Waals surface area contributed by atoms with Crippen LogP contribution in [0.4, 0.5) is 5.69 Å². The van der Waals surface area contributed by atoms with Crippen molar-refractivity contribution in [2.24, 2.45) is 0 Å². The Hall–Kier alpha value is -1.69. The number of H-pyrrole nitrogens is 1. The van der Waals surface area contributed by atoms with E-state index in [-0.39, 0.29) is 11.2 Å². The van der Waals surface area contributed by atoms with E-state index in [9.17, 15) is 4.79 Å². The number of carbonyl (C=O) groups excluding carboxylic acids is 1. The average Bonchev–Trinajstić information content (AvgIpc) is 2.92. The number of aromatic amines is 1. The van der Waals surface area contributed by atoms with E-state index in [2.05, 4.69) is 15.3 Å². The van der Waals surface area contributed by atoms with Gasteiger partial charge in [0.15, 0.2) is 5.16 Å². The first-order valence-electron chi connectivity index (χ1n) is 7.31. The Morgan fingerprint density at radius 1 is 1.25 bits per heavy atom. The summed E-state index contributed by atoms with van der Waals surface area (Å²) < 4.78 is 0. The molecule has 124 valence electrons. The van der Waals surface area contributed by atoms with Gasteiger partial charge in [-0.05, 0) is 49.7 Å². The van der Waals surface area contributed by atoms with E-state index in [0.29, 0.717) is 20.9 Å². The molecule has 0 saturated heterocycles. The number of amides is 1. The molecule has 3 rings (SSSR count). The molecule has 0 fully saturated rings. The van der Waals surface area contributed by atoms with Gasteiger partial charge in [0.1, 0.15) is 0 Å². The molecule has 1 amide bonds. The summed E-state index contributed by atoms with van der Waals surface area (Å²) >= 11 is 13.4. The highest BCUT2D eigenvalue weighted by Crippen LogP contribution is 2.28. The van der Waals surface area contributed by atoms with Gasteiger partial charge in [-0.25, -0.2) is 4.98 Å². The van der Waals surface area contributed by atoms with Gasteiger partial charge in [-0.3, -0.25) is 4.79 Å². The highest BCUT2D eigenvalue weighted by atomic mass is 35.5. The number of aryl methyl sites for hydroxylation is 1. The lowest BCUT2D eigenvalue weighted by Gasteiger charge is -2.12. The Bertz CT molecular complexity index is 910. The number of halogens is 2. The molecule has 0 aliphatic heterocycles. The SMILES string of the molecule is Cc1ccc2nc(S[C@@H](C)C(=O)Nc3cc(Cl)ccc3Cl)[nH]c2c1. The monoisotopic (exact) mass is 379 g/mol. The molecule has 0 aliphatic carbocycles. The second-order valence-electron chi connectivity index (χ2n) is 5.44. The van der Waals surface area contributed by atoms with Crippen LogP contribution in [0.5, 0.6) is 0 Å². The summed E-state index contributed by atoms with van der Waals surface area (Å²) in [5, 5.41) is 4.12. The molecule has 1 heterocycles. The molecule has 7 heteroatoms. The summed E-state index contributed by atoms with van der Waals surface area (Å²) in [4.78, 5) is 20.1. The Kier molecular flexibility index (Phi) is 5.04. The van der Waals surface area contributed by atoms with Crippen molar-refractivity contribution in [1.29, 1.82) is 0 Å². The number of benzene rings is 2. The van der Waals surface area contributed by atoms with Crippen molar-refractivity contribution in [2.75, 3.05) is 5.32 Å². The Morgan fingerprint density at radius 3 is 2.83 bits per heavy atom. The molecule has 0 radical (unpaired) electrons. The minimum Gasteiger partial charge on any atom is -0.333 e. The summed E-state index contributed by atoms with van der Waals surface area (Å²) in [5.74, 6) is -0.166. The quantitative estimate of drug-likeness (QED) is 0.604. The summed E-state index contributed by atoms with van der Waals surface area (Å²) in [6.45, 7) is 3.84. The van der Waals surface area contributed by atoms with E-state index in [4.69, 9.17) is 23.2 Å². The maximum absolute atomic E-state index is 12.4. The topological polar surface area (TPSA) is 57.8 Å². The standard InChI is InChI=1S/C17H15Cl2N3OS/c1-9-3-6-13-15(7-9)22-17(21-13)24-10(2)16(23)20-14-8-11(18)4-5-12(14)19/h3-8,10H,1-2H3,(H,20,23)(H,21,22)/t10-/m0/s1. The number of aromatic nitrogens is 2. The normalized spacial score (nSPS) is 12.3. The molecule has 1 atom stereocenters. The predicted molar refractivity (Wildman–Crippen MR) is 101 cm³/mol.